The Morgan fingerprint density at radius 1 is 1.58 bits per heavy atom. The molecule has 4 N–H and O–H groups in total. The van der Waals surface area contributed by atoms with Crippen molar-refractivity contribution >= 4 is 23.2 Å². The number of hydrogen-bond donors (Lipinski definition) is 2. The molecule has 0 bridgehead atoms. The first-order chi connectivity index (χ1) is 8.99. The zero-order chi connectivity index (χ0) is 14.0. The molecule has 2 rings (SSSR count). The van der Waals surface area contributed by atoms with Crippen molar-refractivity contribution < 1.29 is 9.53 Å². The zero-order valence-corrected chi connectivity index (χ0v) is 11.6. The Bertz CT molecular complexity index is 479. The molecule has 1 saturated heterocycles. The molecule has 6 heteroatoms. The SMILES string of the molecule is CC(N)C1CN(c2cc(Cl)ccc2C(N)=O)CCO1. The number of amides is 1. The second-order valence-corrected chi connectivity index (χ2v) is 5.18. The number of halogens is 1. The number of anilines is 1. The van der Waals surface area contributed by atoms with Crippen LogP contribution in [0.5, 0.6) is 0 Å². The van der Waals surface area contributed by atoms with Crippen LogP contribution >= 0.6 is 11.6 Å². The highest BCUT2D eigenvalue weighted by molar-refractivity contribution is 6.31. The average Bonchev–Trinajstić information content (AvgIpc) is 2.38. The van der Waals surface area contributed by atoms with Crippen molar-refractivity contribution in [2.24, 2.45) is 11.5 Å². The highest BCUT2D eigenvalue weighted by atomic mass is 35.5. The first-order valence-electron chi connectivity index (χ1n) is 6.20. The Hall–Kier alpha value is -1.30. The van der Waals surface area contributed by atoms with Gasteiger partial charge in [-0.1, -0.05) is 11.6 Å². The van der Waals surface area contributed by atoms with Gasteiger partial charge in [0.1, 0.15) is 0 Å². The van der Waals surface area contributed by atoms with Crippen LogP contribution < -0.4 is 16.4 Å². The lowest BCUT2D eigenvalue weighted by atomic mass is 10.1. The lowest BCUT2D eigenvalue weighted by Gasteiger charge is -2.36. The fraction of sp³-hybridized carbons (Fsp3) is 0.462. The van der Waals surface area contributed by atoms with Crippen LogP contribution in [0.25, 0.3) is 0 Å². The van der Waals surface area contributed by atoms with E-state index >= 15 is 0 Å². The van der Waals surface area contributed by atoms with E-state index in [4.69, 9.17) is 27.8 Å². The molecular weight excluding hydrogens is 266 g/mol. The van der Waals surface area contributed by atoms with Gasteiger partial charge in [0.25, 0.3) is 5.91 Å². The van der Waals surface area contributed by atoms with Gasteiger partial charge in [-0.3, -0.25) is 4.79 Å². The van der Waals surface area contributed by atoms with E-state index in [1.165, 1.54) is 0 Å². The minimum absolute atomic E-state index is 0.0616. The monoisotopic (exact) mass is 283 g/mol. The number of carbonyl (C=O) groups is 1. The van der Waals surface area contributed by atoms with Crippen LogP contribution in [0.15, 0.2) is 18.2 Å². The Labute approximate surface area is 117 Å². The fourth-order valence-corrected chi connectivity index (χ4v) is 2.35. The lowest BCUT2D eigenvalue weighted by Crippen LogP contribution is -2.50. The quantitative estimate of drug-likeness (QED) is 0.867. The molecule has 2 atom stereocenters. The van der Waals surface area contributed by atoms with Crippen LogP contribution in [0, 0.1) is 0 Å². The van der Waals surface area contributed by atoms with Crippen LogP contribution in [0.2, 0.25) is 5.02 Å². The first-order valence-corrected chi connectivity index (χ1v) is 6.58. The Balaban J connectivity index is 2.30. The molecule has 19 heavy (non-hydrogen) atoms. The first kappa shape index (κ1) is 14.1. The van der Waals surface area contributed by atoms with Gasteiger partial charge >= 0.3 is 0 Å². The number of primary amides is 1. The number of rotatable bonds is 3. The van der Waals surface area contributed by atoms with Gasteiger partial charge in [-0.05, 0) is 25.1 Å². The van der Waals surface area contributed by atoms with Gasteiger partial charge in [0.05, 0.1) is 24.0 Å². The minimum Gasteiger partial charge on any atom is -0.373 e. The van der Waals surface area contributed by atoms with Gasteiger partial charge in [0.2, 0.25) is 0 Å². The van der Waals surface area contributed by atoms with Gasteiger partial charge in [-0.25, -0.2) is 0 Å². The maximum Gasteiger partial charge on any atom is 0.250 e. The van der Waals surface area contributed by atoms with E-state index in [1.807, 2.05) is 11.8 Å². The largest absolute Gasteiger partial charge is 0.373 e. The second kappa shape index (κ2) is 5.77. The zero-order valence-electron chi connectivity index (χ0n) is 10.8. The molecule has 2 unspecified atom stereocenters. The van der Waals surface area contributed by atoms with Crippen molar-refractivity contribution in [1.29, 1.82) is 0 Å². The van der Waals surface area contributed by atoms with Crippen molar-refractivity contribution in [2.45, 2.75) is 19.1 Å². The second-order valence-electron chi connectivity index (χ2n) is 4.74. The average molecular weight is 284 g/mol. The number of hydrogen-bond acceptors (Lipinski definition) is 4. The summed E-state index contributed by atoms with van der Waals surface area (Å²) < 4.78 is 5.61. The third kappa shape index (κ3) is 3.18. The van der Waals surface area contributed by atoms with Gasteiger partial charge in [0.15, 0.2) is 0 Å². The third-order valence-corrected chi connectivity index (χ3v) is 3.48. The molecule has 1 aliphatic heterocycles. The number of morpholine rings is 1. The van der Waals surface area contributed by atoms with Crippen LogP contribution in [-0.4, -0.2) is 37.7 Å². The smallest absolute Gasteiger partial charge is 0.250 e. The Kier molecular flexibility index (Phi) is 4.29. The van der Waals surface area contributed by atoms with Crippen LogP contribution in [0.1, 0.15) is 17.3 Å². The molecule has 0 spiro atoms. The van der Waals surface area contributed by atoms with E-state index in [9.17, 15) is 4.79 Å². The summed E-state index contributed by atoms with van der Waals surface area (Å²) in [6.07, 6.45) is -0.0616. The number of benzene rings is 1. The standard InChI is InChI=1S/C13H18ClN3O2/c1-8(15)12-7-17(4-5-19-12)11-6-9(14)2-3-10(11)13(16)18/h2-3,6,8,12H,4-5,7,15H2,1H3,(H2,16,18). The molecule has 1 amide bonds. The normalized spacial score (nSPS) is 21.2. The van der Waals surface area contributed by atoms with Gasteiger partial charge in [0, 0.05) is 24.2 Å². The summed E-state index contributed by atoms with van der Waals surface area (Å²) in [5, 5.41) is 0.573. The molecule has 104 valence electrons. The van der Waals surface area contributed by atoms with E-state index < -0.39 is 5.91 Å². The predicted molar refractivity (Wildman–Crippen MR) is 75.6 cm³/mol. The van der Waals surface area contributed by atoms with Gasteiger partial charge < -0.3 is 21.1 Å². The highest BCUT2D eigenvalue weighted by Crippen LogP contribution is 2.26. The summed E-state index contributed by atoms with van der Waals surface area (Å²) >= 11 is 6.00. The highest BCUT2D eigenvalue weighted by Gasteiger charge is 2.25. The molecular formula is C13H18ClN3O2. The molecule has 0 aliphatic carbocycles. The number of nitrogens with two attached hydrogens (primary N) is 2. The third-order valence-electron chi connectivity index (χ3n) is 3.25. The molecule has 5 nitrogen and oxygen atoms in total. The summed E-state index contributed by atoms with van der Waals surface area (Å²) in [5.74, 6) is -0.462. The number of carbonyl (C=O) groups excluding carboxylic acids is 1. The van der Waals surface area contributed by atoms with Crippen LogP contribution in [0.3, 0.4) is 0 Å². The van der Waals surface area contributed by atoms with Crippen molar-refractivity contribution in [3.05, 3.63) is 28.8 Å². The number of ether oxygens (including phenoxy) is 1. The van der Waals surface area contributed by atoms with E-state index in [0.717, 1.165) is 5.69 Å². The van der Waals surface area contributed by atoms with Gasteiger partial charge in [-0.2, -0.15) is 0 Å². The lowest BCUT2D eigenvalue weighted by molar-refractivity contribution is 0.0275. The predicted octanol–water partition coefficient (Wildman–Crippen LogP) is 0.991. The van der Waals surface area contributed by atoms with E-state index in [2.05, 4.69) is 0 Å². The molecule has 0 aromatic heterocycles. The fourth-order valence-electron chi connectivity index (χ4n) is 2.19. The number of nitrogens with zero attached hydrogens (tertiary/aromatic N) is 1. The van der Waals surface area contributed by atoms with Gasteiger partial charge in [-0.15, -0.1) is 0 Å². The molecule has 1 fully saturated rings. The molecule has 1 heterocycles. The summed E-state index contributed by atoms with van der Waals surface area (Å²) in [6.45, 7) is 3.78. The van der Waals surface area contributed by atoms with Crippen LogP contribution in [-0.2, 0) is 4.74 Å². The van der Waals surface area contributed by atoms with Crippen molar-refractivity contribution in [3.8, 4) is 0 Å². The van der Waals surface area contributed by atoms with Crippen molar-refractivity contribution in [3.63, 3.8) is 0 Å². The van der Waals surface area contributed by atoms with E-state index in [0.29, 0.717) is 30.3 Å². The van der Waals surface area contributed by atoms with Crippen LogP contribution in [0.4, 0.5) is 5.69 Å². The summed E-state index contributed by atoms with van der Waals surface area (Å²) in [4.78, 5) is 13.5. The van der Waals surface area contributed by atoms with E-state index in [1.54, 1.807) is 18.2 Å². The summed E-state index contributed by atoms with van der Waals surface area (Å²) in [5.41, 5.74) is 12.5. The summed E-state index contributed by atoms with van der Waals surface area (Å²) in [6, 6.07) is 5.00. The molecule has 1 aromatic carbocycles. The Morgan fingerprint density at radius 2 is 2.32 bits per heavy atom. The van der Waals surface area contributed by atoms with Crippen molar-refractivity contribution in [1.82, 2.24) is 0 Å². The minimum atomic E-state index is -0.462. The molecule has 0 saturated carbocycles. The topological polar surface area (TPSA) is 81.6 Å². The van der Waals surface area contributed by atoms with Crippen molar-refractivity contribution in [2.75, 3.05) is 24.6 Å². The molecule has 1 aliphatic rings. The maximum absolute atomic E-state index is 11.5. The molecule has 1 aromatic rings. The Morgan fingerprint density at radius 3 is 2.95 bits per heavy atom. The molecule has 0 radical (unpaired) electrons. The van der Waals surface area contributed by atoms with E-state index in [-0.39, 0.29) is 12.1 Å². The maximum atomic E-state index is 11.5. The summed E-state index contributed by atoms with van der Waals surface area (Å²) in [7, 11) is 0.